The zero-order valence-electron chi connectivity index (χ0n) is 10.7. The lowest BCUT2D eigenvalue weighted by atomic mass is 10.0. The second-order valence-electron chi connectivity index (χ2n) is 4.85. The Kier molecular flexibility index (Phi) is 3.06. The molecule has 0 N–H and O–H groups in total. The van der Waals surface area contributed by atoms with Gasteiger partial charge in [-0.2, -0.15) is 9.19 Å². The molecule has 1 atom stereocenters. The zero-order chi connectivity index (χ0) is 14.4. The number of nitrogens with zero attached hydrogens (tertiary/aromatic N) is 3. The highest BCUT2D eigenvalue weighted by Gasteiger charge is 2.40. The van der Waals surface area contributed by atoms with Gasteiger partial charge in [0.05, 0.1) is 6.20 Å². The molecule has 0 bridgehead atoms. The molecule has 1 aliphatic carbocycles. The Morgan fingerprint density at radius 2 is 2.25 bits per heavy atom. The van der Waals surface area contributed by atoms with E-state index in [1.807, 2.05) is 12.2 Å². The molecule has 1 unspecified atom stereocenters. The van der Waals surface area contributed by atoms with E-state index in [4.69, 9.17) is 0 Å². The Morgan fingerprint density at radius 3 is 3.00 bits per heavy atom. The minimum absolute atomic E-state index is 0.409. The maximum atomic E-state index is 12.9. The van der Waals surface area contributed by atoms with Crippen LogP contribution in [0.3, 0.4) is 0 Å². The van der Waals surface area contributed by atoms with Crippen LogP contribution in [0.15, 0.2) is 47.2 Å². The first-order chi connectivity index (χ1) is 9.44. The predicted octanol–water partition coefficient (Wildman–Crippen LogP) is 2.61. The molecule has 0 amide bonds. The third-order valence-electron chi connectivity index (χ3n) is 3.37. The van der Waals surface area contributed by atoms with Crippen molar-refractivity contribution in [1.82, 2.24) is 14.2 Å². The van der Waals surface area contributed by atoms with Gasteiger partial charge in [-0.15, -0.1) is 0 Å². The topological polar surface area (TPSA) is 64.8 Å². The summed E-state index contributed by atoms with van der Waals surface area (Å²) in [5.41, 5.74) is 1.06. The predicted molar refractivity (Wildman–Crippen MR) is 81.0 cm³/mol. The largest absolute Gasteiger partial charge is 0.263 e. The van der Waals surface area contributed by atoms with E-state index in [9.17, 15) is 8.42 Å². The summed E-state index contributed by atoms with van der Waals surface area (Å²) in [5.74, 6) is 0. The summed E-state index contributed by atoms with van der Waals surface area (Å²) in [6.45, 7) is 1.69. The first-order valence-corrected chi connectivity index (χ1v) is 8.26. The second-order valence-corrected chi connectivity index (χ2v) is 7.99. The monoisotopic (exact) mass is 353 g/mol. The van der Waals surface area contributed by atoms with E-state index in [1.54, 1.807) is 31.3 Å². The number of halogens is 1. The van der Waals surface area contributed by atoms with E-state index >= 15 is 0 Å². The molecule has 3 rings (SSSR count). The number of pyridine rings is 1. The van der Waals surface area contributed by atoms with Crippen molar-refractivity contribution in [2.75, 3.05) is 0 Å². The van der Waals surface area contributed by atoms with Crippen LogP contribution in [0.25, 0.3) is 11.0 Å². The van der Waals surface area contributed by atoms with Crippen molar-refractivity contribution in [3.05, 3.63) is 47.2 Å². The highest BCUT2D eigenvalue weighted by molar-refractivity contribution is 9.11. The number of allylic oxidation sites excluding steroid dienone is 3. The van der Waals surface area contributed by atoms with Crippen LogP contribution in [0, 0.1) is 0 Å². The maximum absolute atomic E-state index is 12.9. The lowest BCUT2D eigenvalue weighted by Gasteiger charge is -2.27. The van der Waals surface area contributed by atoms with Gasteiger partial charge in [0.15, 0.2) is 0 Å². The molecule has 0 saturated heterocycles. The first kappa shape index (κ1) is 13.5. The fourth-order valence-electron chi connectivity index (χ4n) is 2.21. The van der Waals surface area contributed by atoms with Gasteiger partial charge in [-0.1, -0.05) is 28.1 Å². The standard InChI is InChI=1S/C13H12BrN3O2S/c1-13(6-2-4-10(14)8-13)20(18,19)17-12-5-3-7-15-11(12)9-16-17/h2-5,7-9H,6H2,1H3. The molecule has 0 aromatic carbocycles. The van der Waals surface area contributed by atoms with E-state index in [0.29, 0.717) is 17.5 Å². The molecule has 1 aliphatic rings. The molecule has 7 heteroatoms. The minimum Gasteiger partial charge on any atom is -0.253 e. The fraction of sp³-hybridized carbons (Fsp3) is 0.231. The number of hydrogen-bond donors (Lipinski definition) is 0. The SMILES string of the molecule is CC1(S(=O)(=O)n2ncc3ncccc32)C=C(Br)C=CC1. The maximum Gasteiger partial charge on any atom is 0.263 e. The average Bonchev–Trinajstić information content (AvgIpc) is 2.82. The van der Waals surface area contributed by atoms with Gasteiger partial charge in [0.2, 0.25) is 0 Å². The molecule has 104 valence electrons. The third kappa shape index (κ3) is 1.92. The summed E-state index contributed by atoms with van der Waals surface area (Å²) in [6.07, 6.45) is 8.88. The summed E-state index contributed by atoms with van der Waals surface area (Å²) in [4.78, 5) is 4.11. The summed E-state index contributed by atoms with van der Waals surface area (Å²) in [5, 5.41) is 4.01. The quantitative estimate of drug-likeness (QED) is 0.832. The lowest BCUT2D eigenvalue weighted by molar-refractivity contribution is 0.548. The number of fused-ring (bicyclic) bond motifs is 1. The number of hydrogen-bond acceptors (Lipinski definition) is 4. The van der Waals surface area contributed by atoms with Gasteiger partial charge < -0.3 is 0 Å². The van der Waals surface area contributed by atoms with E-state index in [2.05, 4.69) is 26.0 Å². The first-order valence-electron chi connectivity index (χ1n) is 6.03. The normalized spacial score (nSPS) is 23.0. The molecule has 0 radical (unpaired) electrons. The molecule has 2 aromatic rings. The van der Waals surface area contributed by atoms with Gasteiger partial charge in [0.1, 0.15) is 15.8 Å². The van der Waals surface area contributed by atoms with Gasteiger partial charge >= 0.3 is 0 Å². The van der Waals surface area contributed by atoms with Gasteiger partial charge in [-0.25, -0.2) is 8.42 Å². The van der Waals surface area contributed by atoms with Crippen molar-refractivity contribution in [1.29, 1.82) is 0 Å². The van der Waals surface area contributed by atoms with Crippen LogP contribution < -0.4 is 0 Å². The average molecular weight is 354 g/mol. The molecule has 20 heavy (non-hydrogen) atoms. The van der Waals surface area contributed by atoms with Gasteiger partial charge in [0, 0.05) is 10.7 Å². The van der Waals surface area contributed by atoms with Crippen molar-refractivity contribution in [3.8, 4) is 0 Å². The Labute approximate surface area is 125 Å². The van der Waals surface area contributed by atoms with Crippen molar-refractivity contribution >= 4 is 37.0 Å². The van der Waals surface area contributed by atoms with Crippen LogP contribution in [-0.2, 0) is 10.0 Å². The van der Waals surface area contributed by atoms with Crippen LogP contribution in [-0.4, -0.2) is 27.3 Å². The second kappa shape index (κ2) is 4.53. The molecule has 2 aromatic heterocycles. The Balaban J connectivity index is 2.20. The van der Waals surface area contributed by atoms with Gasteiger partial charge in [0.25, 0.3) is 10.0 Å². The molecule has 2 heterocycles. The molecule has 0 saturated carbocycles. The van der Waals surface area contributed by atoms with Crippen LogP contribution >= 0.6 is 15.9 Å². The molecule has 0 spiro atoms. The van der Waals surface area contributed by atoms with Crippen molar-refractivity contribution in [2.24, 2.45) is 0 Å². The Bertz CT molecular complexity index is 838. The van der Waals surface area contributed by atoms with E-state index < -0.39 is 14.8 Å². The molecular formula is C13H12BrN3O2S. The Morgan fingerprint density at radius 1 is 1.45 bits per heavy atom. The van der Waals surface area contributed by atoms with Gasteiger partial charge in [-0.05, 0) is 31.6 Å². The fourth-order valence-corrected chi connectivity index (χ4v) is 4.62. The number of aromatic nitrogens is 3. The molecule has 0 fully saturated rings. The van der Waals surface area contributed by atoms with Crippen molar-refractivity contribution in [3.63, 3.8) is 0 Å². The van der Waals surface area contributed by atoms with Crippen molar-refractivity contribution in [2.45, 2.75) is 18.1 Å². The van der Waals surface area contributed by atoms with Crippen molar-refractivity contribution < 1.29 is 8.42 Å². The Hall–Kier alpha value is -1.47. The number of rotatable bonds is 2. The summed E-state index contributed by atoms with van der Waals surface area (Å²) >= 11 is 3.34. The summed E-state index contributed by atoms with van der Waals surface area (Å²) in [6, 6.07) is 3.40. The zero-order valence-corrected chi connectivity index (χ0v) is 13.1. The highest BCUT2D eigenvalue weighted by atomic mass is 79.9. The summed E-state index contributed by atoms with van der Waals surface area (Å²) < 4.78 is 26.6. The summed E-state index contributed by atoms with van der Waals surface area (Å²) in [7, 11) is -3.67. The lowest BCUT2D eigenvalue weighted by Crippen LogP contribution is -2.38. The molecule has 5 nitrogen and oxygen atoms in total. The molecule has 0 aliphatic heterocycles. The third-order valence-corrected chi connectivity index (χ3v) is 6.07. The van der Waals surface area contributed by atoms with E-state index in [-0.39, 0.29) is 0 Å². The minimum atomic E-state index is -3.67. The van der Waals surface area contributed by atoms with Crippen LogP contribution in [0.5, 0.6) is 0 Å². The van der Waals surface area contributed by atoms with Gasteiger partial charge in [-0.3, -0.25) is 4.98 Å². The highest BCUT2D eigenvalue weighted by Crippen LogP contribution is 2.33. The van der Waals surface area contributed by atoms with Crippen LogP contribution in [0.4, 0.5) is 0 Å². The molecular weight excluding hydrogens is 342 g/mol. The van der Waals surface area contributed by atoms with E-state index in [0.717, 1.165) is 8.57 Å². The van der Waals surface area contributed by atoms with Crippen LogP contribution in [0.1, 0.15) is 13.3 Å². The van der Waals surface area contributed by atoms with E-state index in [1.165, 1.54) is 6.20 Å². The van der Waals surface area contributed by atoms with Crippen LogP contribution in [0.2, 0.25) is 0 Å². The smallest absolute Gasteiger partial charge is 0.253 e.